The average molecular weight is 442 g/mol. The van der Waals surface area contributed by atoms with Gasteiger partial charge in [-0.3, -0.25) is 14.4 Å². The summed E-state index contributed by atoms with van der Waals surface area (Å²) in [5, 5.41) is 2.02. The van der Waals surface area contributed by atoms with Crippen LogP contribution in [0.4, 0.5) is 11.4 Å². The zero-order chi connectivity index (χ0) is 21.1. The largest absolute Gasteiger partial charge is 0.341 e. The van der Waals surface area contributed by atoms with Crippen LogP contribution in [-0.2, 0) is 14.4 Å². The average Bonchev–Trinajstić information content (AvgIpc) is 3.30. The lowest BCUT2D eigenvalue weighted by Gasteiger charge is -2.34. The first kappa shape index (κ1) is 20.8. The van der Waals surface area contributed by atoms with Crippen LogP contribution in [0.2, 0.25) is 0 Å². The van der Waals surface area contributed by atoms with Crippen molar-refractivity contribution in [3.8, 4) is 0 Å². The van der Waals surface area contributed by atoms with Gasteiger partial charge < -0.3 is 15.1 Å². The molecule has 8 heteroatoms. The monoisotopic (exact) mass is 441 g/mol. The van der Waals surface area contributed by atoms with Gasteiger partial charge in [0.25, 0.3) is 5.91 Å². The summed E-state index contributed by atoms with van der Waals surface area (Å²) in [7, 11) is 0. The molecular formula is C22H23N3O3S2. The van der Waals surface area contributed by atoms with Crippen LogP contribution in [0, 0.1) is 0 Å². The Kier molecular flexibility index (Phi) is 6.34. The third kappa shape index (κ3) is 4.34. The van der Waals surface area contributed by atoms with E-state index in [1.165, 1.54) is 16.7 Å². The number of hydrogen-bond donors (Lipinski definition) is 1. The van der Waals surface area contributed by atoms with Crippen molar-refractivity contribution in [2.75, 3.05) is 36.1 Å². The van der Waals surface area contributed by atoms with E-state index in [2.05, 4.69) is 5.32 Å². The predicted octanol–water partition coefficient (Wildman–Crippen LogP) is 3.48. The Bertz CT molecular complexity index is 976. The molecule has 2 aliphatic heterocycles. The molecule has 3 amide bonds. The maximum Gasteiger partial charge on any atom is 0.250 e. The number of thioether (sulfide) groups is 2. The van der Waals surface area contributed by atoms with E-state index in [4.69, 9.17) is 0 Å². The van der Waals surface area contributed by atoms with Gasteiger partial charge in [-0.25, -0.2) is 0 Å². The van der Waals surface area contributed by atoms with Crippen molar-refractivity contribution in [3.63, 3.8) is 0 Å². The molecule has 2 heterocycles. The third-order valence-corrected chi connectivity index (χ3v) is 7.15. The van der Waals surface area contributed by atoms with Gasteiger partial charge in [-0.15, -0.1) is 23.5 Å². The summed E-state index contributed by atoms with van der Waals surface area (Å²) >= 11 is 2.87. The molecule has 2 aromatic rings. The number of nitrogens with one attached hydrogen (secondary N) is 1. The van der Waals surface area contributed by atoms with Crippen LogP contribution in [0.1, 0.15) is 12.8 Å². The molecule has 156 valence electrons. The van der Waals surface area contributed by atoms with Crippen molar-refractivity contribution in [3.05, 3.63) is 48.5 Å². The summed E-state index contributed by atoms with van der Waals surface area (Å²) in [6, 6.07) is 15.0. The van der Waals surface area contributed by atoms with Gasteiger partial charge in [-0.05, 0) is 49.4 Å². The highest BCUT2D eigenvalue weighted by Gasteiger charge is 2.41. The van der Waals surface area contributed by atoms with Crippen LogP contribution < -0.4 is 10.2 Å². The lowest BCUT2D eigenvalue weighted by molar-refractivity contribution is -0.134. The van der Waals surface area contributed by atoms with Gasteiger partial charge in [-0.2, -0.15) is 0 Å². The van der Waals surface area contributed by atoms with E-state index in [-0.39, 0.29) is 24.3 Å². The second-order valence-corrected chi connectivity index (χ2v) is 9.23. The Hall–Kier alpha value is -2.45. The SMILES string of the molecule is CSc1cccc(NC(=O)CN2C(=O)[C@@H](C(=O)N3CCCC3)Sc3ccccc32)c1. The molecule has 2 aromatic carbocycles. The molecule has 1 saturated heterocycles. The highest BCUT2D eigenvalue weighted by Crippen LogP contribution is 2.40. The topological polar surface area (TPSA) is 69.7 Å². The fraction of sp³-hybridized carbons (Fsp3) is 0.318. The molecule has 0 spiro atoms. The van der Waals surface area contributed by atoms with E-state index in [1.807, 2.05) is 54.8 Å². The molecule has 1 N–H and O–H groups in total. The molecule has 0 saturated carbocycles. The van der Waals surface area contributed by atoms with Crippen LogP contribution >= 0.6 is 23.5 Å². The number of rotatable bonds is 5. The Labute approximate surface area is 184 Å². The zero-order valence-electron chi connectivity index (χ0n) is 16.7. The molecule has 4 rings (SSSR count). The number of fused-ring (bicyclic) bond motifs is 1. The summed E-state index contributed by atoms with van der Waals surface area (Å²) in [6.45, 7) is 1.25. The molecule has 0 unspecified atom stereocenters. The van der Waals surface area contributed by atoms with Gasteiger partial charge in [-0.1, -0.05) is 18.2 Å². The highest BCUT2D eigenvalue weighted by molar-refractivity contribution is 8.01. The molecule has 0 radical (unpaired) electrons. The van der Waals surface area contributed by atoms with Gasteiger partial charge in [0.05, 0.1) is 5.69 Å². The number of anilines is 2. The minimum Gasteiger partial charge on any atom is -0.341 e. The highest BCUT2D eigenvalue weighted by atomic mass is 32.2. The van der Waals surface area contributed by atoms with E-state index in [1.54, 1.807) is 16.7 Å². The number of benzene rings is 2. The minimum atomic E-state index is -0.842. The second-order valence-electron chi connectivity index (χ2n) is 7.20. The molecular weight excluding hydrogens is 418 g/mol. The molecule has 0 aromatic heterocycles. The number of carbonyl (C=O) groups is 3. The molecule has 30 heavy (non-hydrogen) atoms. The predicted molar refractivity (Wildman–Crippen MR) is 121 cm³/mol. The normalized spacial score (nSPS) is 18.3. The smallest absolute Gasteiger partial charge is 0.250 e. The minimum absolute atomic E-state index is 0.135. The Morgan fingerprint density at radius 3 is 2.67 bits per heavy atom. The van der Waals surface area contributed by atoms with E-state index >= 15 is 0 Å². The number of para-hydroxylation sites is 1. The van der Waals surface area contributed by atoms with E-state index in [0.717, 1.165) is 22.6 Å². The zero-order valence-corrected chi connectivity index (χ0v) is 18.3. The number of nitrogens with zero attached hydrogens (tertiary/aromatic N) is 2. The van der Waals surface area contributed by atoms with Gasteiger partial charge >= 0.3 is 0 Å². The lowest BCUT2D eigenvalue weighted by atomic mass is 10.2. The van der Waals surface area contributed by atoms with Crippen molar-refractivity contribution in [1.82, 2.24) is 4.90 Å². The molecule has 1 atom stereocenters. The molecule has 0 bridgehead atoms. The van der Waals surface area contributed by atoms with Crippen molar-refractivity contribution in [1.29, 1.82) is 0 Å². The quantitative estimate of drug-likeness (QED) is 0.568. The second kappa shape index (κ2) is 9.14. The standard InChI is InChI=1S/C22H23N3O3S2/c1-29-16-8-6-7-15(13-16)23-19(26)14-25-17-9-2-3-10-18(17)30-20(22(25)28)21(27)24-11-4-5-12-24/h2-3,6-10,13,20H,4-5,11-12,14H2,1H3,(H,23,26)/t20-/m1/s1. The van der Waals surface area contributed by atoms with E-state index in [0.29, 0.717) is 24.5 Å². The van der Waals surface area contributed by atoms with Crippen LogP contribution in [0.5, 0.6) is 0 Å². The molecule has 2 aliphatic rings. The summed E-state index contributed by atoms with van der Waals surface area (Å²) in [5.41, 5.74) is 1.36. The Morgan fingerprint density at radius 2 is 1.90 bits per heavy atom. The van der Waals surface area contributed by atoms with Crippen molar-refractivity contribution < 1.29 is 14.4 Å². The summed E-state index contributed by atoms with van der Waals surface area (Å²) < 4.78 is 0. The number of amides is 3. The summed E-state index contributed by atoms with van der Waals surface area (Å²) in [6.07, 6.45) is 3.91. The van der Waals surface area contributed by atoms with Crippen molar-refractivity contribution in [2.24, 2.45) is 0 Å². The fourth-order valence-corrected chi connectivity index (χ4v) is 5.33. The van der Waals surface area contributed by atoms with Crippen LogP contribution in [-0.4, -0.2) is 53.8 Å². The molecule has 0 aliphatic carbocycles. The van der Waals surface area contributed by atoms with Gasteiger partial charge in [0.1, 0.15) is 6.54 Å². The van der Waals surface area contributed by atoms with Crippen LogP contribution in [0.25, 0.3) is 0 Å². The lowest BCUT2D eigenvalue weighted by Crippen LogP contribution is -2.51. The first-order chi connectivity index (χ1) is 14.6. The van der Waals surface area contributed by atoms with Gasteiger partial charge in [0.2, 0.25) is 11.8 Å². The third-order valence-electron chi connectivity index (χ3n) is 5.19. The number of carbonyl (C=O) groups excluding carboxylic acids is 3. The molecule has 6 nitrogen and oxygen atoms in total. The van der Waals surface area contributed by atoms with Gasteiger partial charge in [0.15, 0.2) is 5.25 Å². The van der Waals surface area contributed by atoms with Crippen molar-refractivity contribution in [2.45, 2.75) is 27.9 Å². The maximum atomic E-state index is 13.2. The van der Waals surface area contributed by atoms with Crippen LogP contribution in [0.15, 0.2) is 58.3 Å². The van der Waals surface area contributed by atoms with E-state index < -0.39 is 5.25 Å². The Balaban J connectivity index is 1.54. The Morgan fingerprint density at radius 1 is 1.13 bits per heavy atom. The number of likely N-dealkylation sites (tertiary alicyclic amines) is 1. The maximum absolute atomic E-state index is 13.2. The van der Waals surface area contributed by atoms with Gasteiger partial charge in [0, 0.05) is 28.6 Å². The fourth-order valence-electron chi connectivity index (χ4n) is 3.68. The summed E-state index contributed by atoms with van der Waals surface area (Å²) in [4.78, 5) is 44.1. The van der Waals surface area contributed by atoms with Crippen LogP contribution in [0.3, 0.4) is 0 Å². The van der Waals surface area contributed by atoms with E-state index in [9.17, 15) is 14.4 Å². The molecule has 1 fully saturated rings. The number of hydrogen-bond acceptors (Lipinski definition) is 5. The first-order valence-electron chi connectivity index (χ1n) is 9.86. The van der Waals surface area contributed by atoms with Crippen molar-refractivity contribution >= 4 is 52.6 Å². The summed E-state index contributed by atoms with van der Waals surface area (Å²) in [5.74, 6) is -0.783. The first-order valence-corrected chi connectivity index (χ1v) is 12.0.